The molecule has 12 N–H and O–H groups in total. The molecule has 10 amide bonds. The van der Waals surface area contributed by atoms with Crippen LogP contribution in [0.25, 0.3) is 0 Å². The van der Waals surface area contributed by atoms with Gasteiger partial charge in [0.15, 0.2) is 0 Å². The molecule has 11 atom stereocenters. The Balaban J connectivity index is 3.31. The van der Waals surface area contributed by atoms with Gasteiger partial charge in [0, 0.05) is 57.9 Å². The Kier molecular flexibility index (Phi) is 36.9. The molecule has 0 radical (unpaired) electrons. The van der Waals surface area contributed by atoms with E-state index in [9.17, 15) is 57.8 Å². The third kappa shape index (κ3) is 30.9. The molecule has 24 heteroatoms. The lowest BCUT2D eigenvalue weighted by Crippen LogP contribution is -2.63. The van der Waals surface area contributed by atoms with Gasteiger partial charge in [0.05, 0.1) is 12.7 Å². The molecule has 1 heterocycles. The molecule has 0 spiro atoms. The first-order valence-electron chi connectivity index (χ1n) is 31.4. The van der Waals surface area contributed by atoms with Gasteiger partial charge in [-0.3, -0.25) is 52.7 Å². The summed E-state index contributed by atoms with van der Waals surface area (Å²) in [6, 6.07) is -8.07. The Bertz CT molecular complexity index is 2140. The summed E-state index contributed by atoms with van der Waals surface area (Å²) >= 11 is 0. The minimum Gasteiger partial charge on any atom is -0.395 e. The lowest BCUT2D eigenvalue weighted by Gasteiger charge is -2.31. The van der Waals surface area contributed by atoms with Crippen molar-refractivity contribution in [2.75, 3.05) is 32.8 Å². The summed E-state index contributed by atoms with van der Waals surface area (Å²) in [6.07, 6.45) is 6.47. The monoisotopic (exact) mass is 1210 g/mol. The number of rotatable bonds is 43. The van der Waals surface area contributed by atoms with Gasteiger partial charge in [-0.15, -0.1) is 0 Å². The van der Waals surface area contributed by atoms with E-state index in [-0.39, 0.29) is 118 Å². The quantitative estimate of drug-likeness (QED) is 0.0391. The van der Waals surface area contributed by atoms with Crippen molar-refractivity contribution in [2.24, 2.45) is 23.7 Å². The van der Waals surface area contributed by atoms with Crippen LogP contribution in [0.15, 0.2) is 0 Å². The van der Waals surface area contributed by atoms with Crippen LogP contribution in [-0.2, 0) is 52.7 Å². The van der Waals surface area contributed by atoms with Crippen LogP contribution in [0.2, 0.25) is 0 Å². The van der Waals surface area contributed by atoms with Crippen LogP contribution in [0.5, 0.6) is 0 Å². The minimum atomic E-state index is -1.60. The molecule has 24 nitrogen and oxygen atoms in total. The van der Waals surface area contributed by atoms with Crippen LogP contribution in [0.3, 0.4) is 0 Å². The normalized spacial score (nSPS) is 16.9. The Morgan fingerprint density at radius 1 is 0.576 bits per heavy atom. The molecule has 1 fully saturated rings. The number of Topliss-reactive ketones (excluding diaryl/α,β-unsaturated/α-hetero) is 1. The van der Waals surface area contributed by atoms with Crippen molar-refractivity contribution >= 4 is 64.9 Å². The van der Waals surface area contributed by atoms with Gasteiger partial charge in [-0.1, -0.05) is 94.4 Å². The third-order valence-corrected chi connectivity index (χ3v) is 14.9. The fraction of sp³-hybridized carbons (Fsp3) is 0.820. The third-order valence-electron chi connectivity index (χ3n) is 14.9. The molecule has 1 aliphatic heterocycles. The van der Waals surface area contributed by atoms with E-state index in [0.29, 0.717) is 38.9 Å². The van der Waals surface area contributed by atoms with Crippen molar-refractivity contribution in [3.8, 4) is 0 Å². The van der Waals surface area contributed by atoms with Crippen LogP contribution in [0.4, 0.5) is 0 Å². The van der Waals surface area contributed by atoms with Gasteiger partial charge in [0.25, 0.3) is 0 Å². The fourth-order valence-corrected chi connectivity index (χ4v) is 10.1. The van der Waals surface area contributed by atoms with Crippen LogP contribution in [0, 0.1) is 23.7 Å². The van der Waals surface area contributed by atoms with Crippen molar-refractivity contribution in [3.63, 3.8) is 0 Å². The van der Waals surface area contributed by atoms with E-state index < -0.39 is 101 Å². The maximum atomic E-state index is 14.4. The van der Waals surface area contributed by atoms with Gasteiger partial charge in [0.1, 0.15) is 53.6 Å². The molecule has 1 aliphatic rings. The Morgan fingerprint density at radius 2 is 1.13 bits per heavy atom. The zero-order valence-electron chi connectivity index (χ0n) is 53.9. The molecule has 0 bridgehead atoms. The highest BCUT2D eigenvalue weighted by Crippen LogP contribution is 2.22. The van der Waals surface area contributed by atoms with Gasteiger partial charge in [-0.05, 0) is 110 Å². The van der Waals surface area contributed by atoms with Crippen LogP contribution in [-0.4, -0.2) is 173 Å². The topological polar surface area (TPSA) is 352 Å². The number of nitrogens with zero attached hydrogens (tertiary/aromatic N) is 1. The van der Waals surface area contributed by atoms with E-state index in [1.54, 1.807) is 20.8 Å². The lowest BCUT2D eigenvalue weighted by atomic mass is 9.92. The first-order valence-corrected chi connectivity index (χ1v) is 31.4. The Morgan fingerprint density at radius 3 is 1.72 bits per heavy atom. The number of ketones is 1. The maximum absolute atomic E-state index is 14.4. The number of carbonyl (C=O) groups is 11. The van der Waals surface area contributed by atoms with E-state index in [2.05, 4.69) is 60.1 Å². The molecule has 1 saturated heterocycles. The summed E-state index contributed by atoms with van der Waals surface area (Å²) in [5, 5.41) is 47.3. The van der Waals surface area contributed by atoms with Crippen molar-refractivity contribution < 1.29 is 63.0 Å². The molecule has 1 rings (SSSR count). The summed E-state index contributed by atoms with van der Waals surface area (Å²) < 4.78 is 0. The second-order valence-corrected chi connectivity index (χ2v) is 25.0. The summed E-state index contributed by atoms with van der Waals surface area (Å²) in [7, 11) is 0. The summed E-state index contributed by atoms with van der Waals surface area (Å²) in [5.41, 5.74) is -1.60. The Hall–Kier alpha value is -5.75. The van der Waals surface area contributed by atoms with Gasteiger partial charge in [0.2, 0.25) is 59.1 Å². The van der Waals surface area contributed by atoms with E-state index in [0.717, 1.165) is 32.1 Å². The summed E-state index contributed by atoms with van der Waals surface area (Å²) in [6.45, 7) is 25.6. The smallest absolute Gasteiger partial charge is 0.245 e. The molecule has 0 saturated carbocycles. The standard InChI is InChI=1S/C61H111N11O13/c1-15-18-19-20-23-39(8)33-48(57(82)68-47(31-38(6)7)58(83)71-61(13,14)60(85)70-46(30-37(4)5)55(80)63-26-25-51(76)64-41(10)36-62-27-29-73)67-54(79)43(12)65-53(78)42(11)66-56(81)49(34-40(9)32-45(75)35-44(74)17-3)69-59(84)50-24-21-28-72(50)52(77)22-16-2/h37-43,45-50,62,73,75H,15-36H2,1-14H3,(H,63,80)(H,64,76)(H,65,78)(H,66,81)(H,67,79)(H,68,82)(H,69,84)(H,70,85)(H,71,83)/t39-,40+,41+,42-,43-,45+,46+,47+,48-,49+,50+/m1/s1. The minimum absolute atomic E-state index is 0.00317. The maximum Gasteiger partial charge on any atom is 0.245 e. The number of amides is 10. The highest BCUT2D eigenvalue weighted by Gasteiger charge is 2.39. The zero-order valence-corrected chi connectivity index (χ0v) is 53.9. The second kappa shape index (κ2) is 40.6. The predicted octanol–water partition coefficient (Wildman–Crippen LogP) is 2.45. The predicted molar refractivity (Wildman–Crippen MR) is 326 cm³/mol. The number of nitrogens with one attached hydrogen (secondary N) is 10. The second-order valence-electron chi connectivity index (χ2n) is 25.0. The highest BCUT2D eigenvalue weighted by molar-refractivity contribution is 5.99. The molecule has 0 aliphatic carbocycles. The molecule has 0 unspecified atom stereocenters. The van der Waals surface area contributed by atoms with E-state index >= 15 is 0 Å². The Labute approximate surface area is 506 Å². The highest BCUT2D eigenvalue weighted by atomic mass is 16.3. The number of hydrogen-bond donors (Lipinski definition) is 12. The fourth-order valence-electron chi connectivity index (χ4n) is 10.1. The summed E-state index contributed by atoms with van der Waals surface area (Å²) in [5.74, 6) is -6.48. The number of unbranched alkanes of at least 4 members (excludes halogenated alkanes) is 3. The first kappa shape index (κ1) is 77.3. The average molecular weight is 1210 g/mol. The molecular formula is C61H111N11O13. The van der Waals surface area contributed by atoms with Gasteiger partial charge in [-0.2, -0.15) is 0 Å². The van der Waals surface area contributed by atoms with Crippen molar-refractivity contribution in [1.82, 2.24) is 58.1 Å². The van der Waals surface area contributed by atoms with Crippen molar-refractivity contribution in [1.29, 1.82) is 0 Å². The first-order chi connectivity index (χ1) is 39.9. The number of aliphatic hydroxyl groups excluding tert-OH is 2. The van der Waals surface area contributed by atoms with Gasteiger partial charge < -0.3 is 68.3 Å². The van der Waals surface area contributed by atoms with Crippen LogP contribution in [0.1, 0.15) is 206 Å². The van der Waals surface area contributed by atoms with Gasteiger partial charge >= 0.3 is 0 Å². The van der Waals surface area contributed by atoms with Crippen LogP contribution >= 0.6 is 0 Å². The number of aliphatic hydroxyl groups is 2. The van der Waals surface area contributed by atoms with E-state index in [4.69, 9.17) is 5.11 Å². The molecule has 0 aromatic rings. The number of likely N-dealkylation sites (tertiary alicyclic amines) is 1. The van der Waals surface area contributed by atoms with E-state index in [1.807, 2.05) is 41.5 Å². The number of carbonyl (C=O) groups excluding carboxylic acids is 11. The summed E-state index contributed by atoms with van der Waals surface area (Å²) in [4.78, 5) is 151. The largest absolute Gasteiger partial charge is 0.395 e. The number of hydrogen-bond acceptors (Lipinski definition) is 14. The van der Waals surface area contributed by atoms with Gasteiger partial charge in [-0.25, -0.2) is 0 Å². The molecule has 488 valence electrons. The molecule has 0 aromatic heterocycles. The lowest BCUT2D eigenvalue weighted by molar-refractivity contribution is -0.140. The molecule has 85 heavy (non-hydrogen) atoms. The average Bonchev–Trinajstić information content (AvgIpc) is 4.12. The van der Waals surface area contributed by atoms with E-state index in [1.165, 1.54) is 32.6 Å². The van der Waals surface area contributed by atoms with Crippen molar-refractivity contribution in [2.45, 2.75) is 266 Å². The SMILES string of the molecule is CCCCCC[C@@H](C)C[C@@H](NC(=O)[C@@H](C)NC(=O)[C@@H](C)NC(=O)[C@H](C[C@@H](C)C[C@H](O)CC(=O)CC)NC(=O)[C@@H]1CCCN1C(=O)CCC)C(=O)N[C@@H](CC(C)C)C(=O)NC(C)(C)C(=O)N[C@@H](CC(C)C)C(=O)NCCC(=O)N[C@@H](C)CNCCO. The zero-order chi connectivity index (χ0) is 64.6. The molecular weight excluding hydrogens is 1090 g/mol. The van der Waals surface area contributed by atoms with Crippen molar-refractivity contribution in [3.05, 3.63) is 0 Å². The van der Waals surface area contributed by atoms with Crippen LogP contribution < -0.4 is 53.2 Å². The molecule has 0 aromatic carbocycles.